The first kappa shape index (κ1) is 20.7. The minimum atomic E-state index is -0.314. The molecule has 1 aliphatic rings. The Labute approximate surface area is 171 Å². The van der Waals surface area contributed by atoms with Gasteiger partial charge in [-0.2, -0.15) is 5.26 Å². The lowest BCUT2D eigenvalue weighted by Crippen LogP contribution is -2.41. The first-order valence-electron chi connectivity index (χ1n) is 8.61. The molecule has 2 atom stereocenters. The van der Waals surface area contributed by atoms with Crippen LogP contribution in [-0.2, 0) is 4.79 Å². The summed E-state index contributed by atoms with van der Waals surface area (Å²) in [6.45, 7) is 6.17. The normalized spacial score (nSPS) is 20.2. The molecular formula is C20H22Br2N2O2. The van der Waals surface area contributed by atoms with Crippen LogP contribution in [0.25, 0.3) is 6.08 Å². The van der Waals surface area contributed by atoms with Gasteiger partial charge in [0.25, 0.3) is 5.91 Å². The van der Waals surface area contributed by atoms with E-state index in [0.717, 1.165) is 33.8 Å². The summed E-state index contributed by atoms with van der Waals surface area (Å²) in [5, 5.41) is 12.4. The fourth-order valence-electron chi connectivity index (χ4n) is 3.04. The molecule has 0 heterocycles. The average molecular weight is 482 g/mol. The Bertz CT molecular complexity index is 730. The van der Waals surface area contributed by atoms with Gasteiger partial charge in [0.15, 0.2) is 0 Å². The number of nitrogens with zero attached hydrogens (tertiary/aromatic N) is 1. The standard InChI is InChI=1S/C20H22Br2N2O2/c1-3-8-26-19-16(21)10-14(11-17(19)22)9-15(12-23)20(25)24-18-7-5-4-6-13(18)2/h3,9-11,13,18H,1,4-8H2,2H3,(H,24,25)/b15-9+/t13-,18-/m0/s1. The Balaban J connectivity index is 2.18. The van der Waals surface area contributed by atoms with E-state index in [1.807, 2.05) is 18.2 Å². The lowest BCUT2D eigenvalue weighted by atomic mass is 9.86. The maximum Gasteiger partial charge on any atom is 0.262 e. The third-order valence-electron chi connectivity index (χ3n) is 4.47. The van der Waals surface area contributed by atoms with Crippen molar-refractivity contribution in [2.45, 2.75) is 38.6 Å². The largest absolute Gasteiger partial charge is 0.487 e. The average Bonchev–Trinajstić information content (AvgIpc) is 2.61. The van der Waals surface area contributed by atoms with Crippen LogP contribution in [-0.4, -0.2) is 18.6 Å². The van der Waals surface area contributed by atoms with Crippen molar-refractivity contribution in [1.29, 1.82) is 5.26 Å². The number of ether oxygens (including phenoxy) is 1. The number of halogens is 2. The zero-order chi connectivity index (χ0) is 19.1. The van der Waals surface area contributed by atoms with E-state index in [-0.39, 0.29) is 17.5 Å². The highest BCUT2D eigenvalue weighted by Gasteiger charge is 2.24. The van der Waals surface area contributed by atoms with Gasteiger partial charge in [-0.1, -0.05) is 32.4 Å². The van der Waals surface area contributed by atoms with Crippen molar-refractivity contribution < 1.29 is 9.53 Å². The zero-order valence-corrected chi connectivity index (χ0v) is 17.9. The third kappa shape index (κ3) is 5.46. The molecule has 1 N–H and O–H groups in total. The van der Waals surface area contributed by atoms with Crippen LogP contribution in [0.3, 0.4) is 0 Å². The molecule has 0 aromatic heterocycles. The van der Waals surface area contributed by atoms with Gasteiger partial charge < -0.3 is 10.1 Å². The number of benzene rings is 1. The molecule has 1 fully saturated rings. The lowest BCUT2D eigenvalue weighted by molar-refractivity contribution is -0.118. The number of hydrogen-bond acceptors (Lipinski definition) is 3. The molecule has 26 heavy (non-hydrogen) atoms. The van der Waals surface area contributed by atoms with Crippen molar-refractivity contribution in [1.82, 2.24) is 5.32 Å². The van der Waals surface area contributed by atoms with Gasteiger partial charge in [-0.05, 0) is 74.4 Å². The molecule has 138 valence electrons. The van der Waals surface area contributed by atoms with Crippen LogP contribution >= 0.6 is 31.9 Å². The molecule has 1 aromatic carbocycles. The summed E-state index contributed by atoms with van der Waals surface area (Å²) in [5.41, 5.74) is 0.833. The second-order valence-electron chi connectivity index (χ2n) is 6.42. The summed E-state index contributed by atoms with van der Waals surface area (Å²) in [7, 11) is 0. The summed E-state index contributed by atoms with van der Waals surface area (Å²) < 4.78 is 7.06. The van der Waals surface area contributed by atoms with Gasteiger partial charge in [0.1, 0.15) is 24.0 Å². The zero-order valence-electron chi connectivity index (χ0n) is 14.7. The molecule has 0 radical (unpaired) electrons. The van der Waals surface area contributed by atoms with Gasteiger partial charge in [0, 0.05) is 6.04 Å². The Morgan fingerprint density at radius 2 is 2.04 bits per heavy atom. The number of amides is 1. The quantitative estimate of drug-likeness (QED) is 0.337. The van der Waals surface area contributed by atoms with Gasteiger partial charge in [-0.25, -0.2) is 0 Å². The minimum absolute atomic E-state index is 0.0985. The van der Waals surface area contributed by atoms with E-state index < -0.39 is 0 Å². The minimum Gasteiger partial charge on any atom is -0.487 e. The fourth-order valence-corrected chi connectivity index (χ4v) is 4.49. The van der Waals surface area contributed by atoms with Crippen LogP contribution in [0, 0.1) is 17.2 Å². The first-order chi connectivity index (χ1) is 12.5. The molecule has 1 aliphatic carbocycles. The summed E-state index contributed by atoms with van der Waals surface area (Å²) in [5.74, 6) is 0.781. The number of hydrogen-bond donors (Lipinski definition) is 1. The Kier molecular flexibility index (Phi) is 7.92. The molecule has 2 rings (SSSR count). The van der Waals surface area contributed by atoms with Crippen LogP contribution in [0.15, 0.2) is 39.3 Å². The van der Waals surface area contributed by atoms with E-state index in [0.29, 0.717) is 18.3 Å². The molecule has 0 aliphatic heterocycles. The smallest absolute Gasteiger partial charge is 0.262 e. The van der Waals surface area contributed by atoms with Crippen molar-refractivity contribution in [3.05, 3.63) is 44.9 Å². The van der Waals surface area contributed by atoms with E-state index in [1.165, 1.54) is 6.42 Å². The van der Waals surface area contributed by atoms with Crippen molar-refractivity contribution >= 4 is 43.8 Å². The molecule has 0 spiro atoms. The van der Waals surface area contributed by atoms with Gasteiger partial charge in [-0.15, -0.1) is 0 Å². The second-order valence-corrected chi connectivity index (χ2v) is 8.13. The monoisotopic (exact) mass is 480 g/mol. The van der Waals surface area contributed by atoms with Crippen molar-refractivity contribution in [2.24, 2.45) is 5.92 Å². The molecule has 1 saturated carbocycles. The Hall–Kier alpha value is -1.58. The molecule has 6 heteroatoms. The topological polar surface area (TPSA) is 62.1 Å². The van der Waals surface area contributed by atoms with E-state index in [1.54, 1.807) is 12.2 Å². The van der Waals surface area contributed by atoms with Crippen LogP contribution in [0.4, 0.5) is 0 Å². The maximum absolute atomic E-state index is 12.5. The predicted octanol–water partition coefficient (Wildman–Crippen LogP) is 5.38. The number of carbonyl (C=O) groups is 1. The fraction of sp³-hybridized carbons (Fsp3) is 0.400. The SMILES string of the molecule is C=CCOc1c(Br)cc(/C=C(\C#N)C(=O)N[C@H]2CCCC[C@@H]2C)cc1Br. The summed E-state index contributed by atoms with van der Waals surface area (Å²) >= 11 is 6.93. The third-order valence-corrected chi connectivity index (χ3v) is 5.65. The lowest BCUT2D eigenvalue weighted by Gasteiger charge is -2.29. The highest BCUT2D eigenvalue weighted by atomic mass is 79.9. The molecule has 0 bridgehead atoms. The number of rotatable bonds is 6. The van der Waals surface area contributed by atoms with Gasteiger partial charge in [-0.3, -0.25) is 4.79 Å². The Morgan fingerprint density at radius 3 is 2.62 bits per heavy atom. The molecule has 4 nitrogen and oxygen atoms in total. The van der Waals surface area contributed by atoms with E-state index >= 15 is 0 Å². The highest BCUT2D eigenvalue weighted by molar-refractivity contribution is 9.11. The van der Waals surface area contributed by atoms with Crippen LogP contribution < -0.4 is 10.1 Å². The summed E-state index contributed by atoms with van der Waals surface area (Å²) in [6, 6.07) is 5.79. The van der Waals surface area contributed by atoms with E-state index in [4.69, 9.17) is 4.74 Å². The maximum atomic E-state index is 12.5. The van der Waals surface area contributed by atoms with Crippen LogP contribution in [0.1, 0.15) is 38.2 Å². The number of nitriles is 1. The highest BCUT2D eigenvalue weighted by Crippen LogP contribution is 2.35. The van der Waals surface area contributed by atoms with Crippen LogP contribution in [0.5, 0.6) is 5.75 Å². The van der Waals surface area contributed by atoms with Gasteiger partial charge in [0.2, 0.25) is 0 Å². The first-order valence-corrected chi connectivity index (χ1v) is 10.2. The van der Waals surface area contributed by atoms with Gasteiger partial charge in [0.05, 0.1) is 8.95 Å². The van der Waals surface area contributed by atoms with Crippen molar-refractivity contribution in [3.63, 3.8) is 0 Å². The molecule has 0 unspecified atom stereocenters. The second kappa shape index (κ2) is 9.94. The van der Waals surface area contributed by atoms with Crippen LogP contribution in [0.2, 0.25) is 0 Å². The van der Waals surface area contributed by atoms with Gasteiger partial charge >= 0.3 is 0 Å². The molecule has 0 saturated heterocycles. The Morgan fingerprint density at radius 1 is 1.38 bits per heavy atom. The van der Waals surface area contributed by atoms with E-state index in [2.05, 4.69) is 50.7 Å². The van der Waals surface area contributed by atoms with E-state index in [9.17, 15) is 10.1 Å². The summed E-state index contributed by atoms with van der Waals surface area (Å²) in [4.78, 5) is 12.5. The van der Waals surface area contributed by atoms with Crippen molar-refractivity contribution in [3.8, 4) is 11.8 Å². The summed E-state index contributed by atoms with van der Waals surface area (Å²) in [6.07, 6.45) is 7.66. The molecule has 1 aromatic rings. The van der Waals surface area contributed by atoms with Crippen molar-refractivity contribution in [2.75, 3.05) is 6.61 Å². The molecule has 1 amide bonds. The predicted molar refractivity (Wildman–Crippen MR) is 111 cm³/mol. The number of nitrogens with one attached hydrogen (secondary N) is 1. The molecular weight excluding hydrogens is 460 g/mol. The number of carbonyl (C=O) groups excluding carboxylic acids is 1.